The first kappa shape index (κ1) is 10.2. The van der Waals surface area contributed by atoms with Crippen LogP contribution in [0.5, 0.6) is 0 Å². The molecule has 1 aliphatic rings. The Hall–Kier alpha value is -1.36. The molecule has 5 heteroatoms. The highest BCUT2D eigenvalue weighted by Crippen LogP contribution is 2.13. The van der Waals surface area contributed by atoms with Crippen molar-refractivity contribution in [3.8, 4) is 0 Å². The van der Waals surface area contributed by atoms with E-state index in [0.717, 1.165) is 25.9 Å². The van der Waals surface area contributed by atoms with E-state index in [0.29, 0.717) is 11.5 Å². The average molecular weight is 209 g/mol. The highest BCUT2D eigenvalue weighted by Gasteiger charge is 2.21. The van der Waals surface area contributed by atoms with Crippen LogP contribution in [0.3, 0.4) is 0 Å². The molecule has 0 saturated carbocycles. The highest BCUT2D eigenvalue weighted by atomic mass is 16.5. The lowest BCUT2D eigenvalue weighted by Gasteiger charge is -2.25. The largest absolute Gasteiger partial charge is 0.359 e. The number of piperidine rings is 1. The summed E-state index contributed by atoms with van der Waals surface area (Å²) < 4.78 is 4.90. The van der Waals surface area contributed by atoms with E-state index in [-0.39, 0.29) is 12.5 Å². The van der Waals surface area contributed by atoms with Gasteiger partial charge >= 0.3 is 0 Å². The summed E-state index contributed by atoms with van der Waals surface area (Å²) in [5, 5.41) is 3.72. The molecule has 0 aromatic carbocycles. The summed E-state index contributed by atoms with van der Waals surface area (Å²) in [6.07, 6.45) is 3.36. The average Bonchev–Trinajstić information content (AvgIpc) is 2.78. The van der Waals surface area contributed by atoms with Crippen molar-refractivity contribution in [1.82, 2.24) is 10.1 Å². The molecule has 1 aliphatic heterocycles. The van der Waals surface area contributed by atoms with Gasteiger partial charge in [0.1, 0.15) is 0 Å². The summed E-state index contributed by atoms with van der Waals surface area (Å²) in [6.45, 7) is 1.92. The Kier molecular flexibility index (Phi) is 3.01. The van der Waals surface area contributed by atoms with Crippen LogP contribution in [-0.4, -0.2) is 29.1 Å². The predicted octanol–water partition coefficient (Wildman–Crippen LogP) is 0.759. The van der Waals surface area contributed by atoms with Crippen molar-refractivity contribution in [3.63, 3.8) is 0 Å². The summed E-state index contributed by atoms with van der Waals surface area (Å²) in [5.74, 6) is 0.508. The Balaban J connectivity index is 2.05. The number of amides is 1. The van der Waals surface area contributed by atoms with E-state index in [1.54, 1.807) is 6.07 Å². The number of likely N-dealkylation sites (tertiary alicyclic amines) is 1. The summed E-state index contributed by atoms with van der Waals surface area (Å²) in [6, 6.07) is 1.62. The molecule has 0 radical (unpaired) electrons. The molecule has 0 spiro atoms. The van der Waals surface area contributed by atoms with Gasteiger partial charge in [-0.3, -0.25) is 4.79 Å². The summed E-state index contributed by atoms with van der Waals surface area (Å²) in [7, 11) is 0. The van der Waals surface area contributed by atoms with Gasteiger partial charge in [-0.25, -0.2) is 0 Å². The van der Waals surface area contributed by atoms with E-state index in [9.17, 15) is 4.79 Å². The number of rotatable bonds is 2. The molecule has 0 bridgehead atoms. The number of carbonyl (C=O) groups is 1. The number of nitrogens with zero attached hydrogens (tertiary/aromatic N) is 2. The van der Waals surface area contributed by atoms with Crippen LogP contribution in [-0.2, 0) is 6.54 Å². The number of nitrogens with two attached hydrogens (primary N) is 1. The lowest BCUT2D eigenvalue weighted by molar-refractivity contribution is 0.0714. The first-order chi connectivity index (χ1) is 7.31. The number of hydrogen-bond acceptors (Lipinski definition) is 4. The van der Waals surface area contributed by atoms with E-state index >= 15 is 0 Å². The van der Waals surface area contributed by atoms with Crippen molar-refractivity contribution in [2.45, 2.75) is 25.8 Å². The molecule has 1 aromatic heterocycles. The third-order valence-electron chi connectivity index (χ3n) is 2.62. The molecule has 2 rings (SSSR count). The monoisotopic (exact) mass is 209 g/mol. The minimum atomic E-state index is -0.0434. The molecule has 82 valence electrons. The molecule has 5 nitrogen and oxygen atoms in total. The van der Waals surface area contributed by atoms with E-state index < -0.39 is 0 Å². The zero-order chi connectivity index (χ0) is 10.7. The van der Waals surface area contributed by atoms with Crippen molar-refractivity contribution >= 4 is 5.91 Å². The predicted molar refractivity (Wildman–Crippen MR) is 54.1 cm³/mol. The lowest BCUT2D eigenvalue weighted by atomic mass is 10.1. The fourth-order valence-electron chi connectivity index (χ4n) is 1.77. The molecule has 2 N–H and O–H groups in total. The van der Waals surface area contributed by atoms with Crippen LogP contribution in [0, 0.1) is 0 Å². The van der Waals surface area contributed by atoms with E-state index in [4.69, 9.17) is 10.3 Å². The van der Waals surface area contributed by atoms with Crippen LogP contribution in [0.15, 0.2) is 10.6 Å². The van der Waals surface area contributed by atoms with Crippen molar-refractivity contribution in [3.05, 3.63) is 17.5 Å². The molecular weight excluding hydrogens is 194 g/mol. The molecular formula is C10H15N3O2. The zero-order valence-electron chi connectivity index (χ0n) is 8.61. The van der Waals surface area contributed by atoms with Gasteiger partial charge < -0.3 is 15.2 Å². The van der Waals surface area contributed by atoms with Crippen LogP contribution in [0.4, 0.5) is 0 Å². The summed E-state index contributed by atoms with van der Waals surface area (Å²) in [5.41, 5.74) is 5.76. The van der Waals surface area contributed by atoms with Crippen LogP contribution < -0.4 is 5.73 Å². The Morgan fingerprint density at radius 1 is 1.47 bits per heavy atom. The van der Waals surface area contributed by atoms with Crippen LogP contribution in [0.2, 0.25) is 0 Å². The minimum absolute atomic E-state index is 0.0434. The van der Waals surface area contributed by atoms with Gasteiger partial charge in [-0.15, -0.1) is 0 Å². The molecule has 1 aromatic rings. The Bertz CT molecular complexity index is 342. The van der Waals surface area contributed by atoms with Gasteiger partial charge in [0, 0.05) is 19.2 Å². The fraction of sp³-hybridized carbons (Fsp3) is 0.600. The SMILES string of the molecule is NCc1cc(C(=O)N2CCCCC2)no1. The van der Waals surface area contributed by atoms with Gasteiger partial charge in [-0.05, 0) is 19.3 Å². The van der Waals surface area contributed by atoms with Gasteiger partial charge in [0.05, 0.1) is 6.54 Å². The van der Waals surface area contributed by atoms with Crippen molar-refractivity contribution in [2.24, 2.45) is 5.73 Å². The van der Waals surface area contributed by atoms with Crippen molar-refractivity contribution in [1.29, 1.82) is 0 Å². The van der Waals surface area contributed by atoms with Gasteiger partial charge in [-0.2, -0.15) is 0 Å². The summed E-state index contributed by atoms with van der Waals surface area (Å²) >= 11 is 0. The molecule has 15 heavy (non-hydrogen) atoms. The number of hydrogen-bond donors (Lipinski definition) is 1. The van der Waals surface area contributed by atoms with Crippen LogP contribution in [0.1, 0.15) is 35.5 Å². The van der Waals surface area contributed by atoms with Gasteiger partial charge in [-0.1, -0.05) is 5.16 Å². The van der Waals surface area contributed by atoms with Crippen LogP contribution >= 0.6 is 0 Å². The Morgan fingerprint density at radius 3 is 2.80 bits per heavy atom. The minimum Gasteiger partial charge on any atom is -0.359 e. The Labute approximate surface area is 88.2 Å². The van der Waals surface area contributed by atoms with Crippen LogP contribution in [0.25, 0.3) is 0 Å². The first-order valence-corrected chi connectivity index (χ1v) is 5.26. The fourth-order valence-corrected chi connectivity index (χ4v) is 1.77. The topological polar surface area (TPSA) is 72.4 Å². The zero-order valence-corrected chi connectivity index (χ0v) is 8.61. The molecule has 2 heterocycles. The first-order valence-electron chi connectivity index (χ1n) is 5.26. The highest BCUT2D eigenvalue weighted by molar-refractivity contribution is 5.92. The third-order valence-corrected chi connectivity index (χ3v) is 2.62. The smallest absolute Gasteiger partial charge is 0.276 e. The van der Waals surface area contributed by atoms with Crippen molar-refractivity contribution in [2.75, 3.05) is 13.1 Å². The lowest BCUT2D eigenvalue weighted by Crippen LogP contribution is -2.35. The molecule has 0 aliphatic carbocycles. The van der Waals surface area contributed by atoms with E-state index in [2.05, 4.69) is 5.16 Å². The maximum atomic E-state index is 11.9. The Morgan fingerprint density at radius 2 is 2.20 bits per heavy atom. The van der Waals surface area contributed by atoms with Gasteiger partial charge in [0.2, 0.25) is 0 Å². The molecule has 0 unspecified atom stereocenters. The second-order valence-corrected chi connectivity index (χ2v) is 3.74. The third kappa shape index (κ3) is 2.18. The number of carbonyl (C=O) groups excluding carboxylic acids is 1. The maximum Gasteiger partial charge on any atom is 0.276 e. The second kappa shape index (κ2) is 4.44. The molecule has 1 amide bonds. The second-order valence-electron chi connectivity index (χ2n) is 3.74. The quantitative estimate of drug-likeness (QED) is 0.780. The van der Waals surface area contributed by atoms with Crippen molar-refractivity contribution < 1.29 is 9.32 Å². The molecule has 0 atom stereocenters. The standard InChI is InChI=1S/C10H15N3O2/c11-7-8-6-9(12-15-8)10(14)13-4-2-1-3-5-13/h6H,1-5,7,11H2. The van der Waals surface area contributed by atoms with Gasteiger partial charge in [0.25, 0.3) is 5.91 Å². The molecule has 1 saturated heterocycles. The summed E-state index contributed by atoms with van der Waals surface area (Å²) in [4.78, 5) is 13.7. The normalized spacial score (nSPS) is 16.7. The van der Waals surface area contributed by atoms with Gasteiger partial charge in [0.15, 0.2) is 11.5 Å². The van der Waals surface area contributed by atoms with E-state index in [1.165, 1.54) is 6.42 Å². The number of aromatic nitrogens is 1. The molecule has 1 fully saturated rings. The van der Waals surface area contributed by atoms with E-state index in [1.807, 2.05) is 4.90 Å². The maximum absolute atomic E-state index is 11.9.